The van der Waals surface area contributed by atoms with Gasteiger partial charge >= 0.3 is 0 Å². The number of aromatic nitrogens is 2. The molecule has 3 heterocycles. The molecule has 0 aliphatic carbocycles. The topological polar surface area (TPSA) is 75.5 Å². The van der Waals surface area contributed by atoms with Gasteiger partial charge in [0.05, 0.1) is 28.9 Å². The molecule has 5 rings (SSSR count). The summed E-state index contributed by atoms with van der Waals surface area (Å²) in [4.78, 5) is 17.9. The molecular formula is C28H33FN4O3S. The van der Waals surface area contributed by atoms with E-state index in [1.807, 2.05) is 23.1 Å². The Morgan fingerprint density at radius 3 is 2.32 bits per heavy atom. The van der Waals surface area contributed by atoms with Crippen LogP contribution in [0.4, 0.5) is 4.39 Å². The third-order valence-corrected chi connectivity index (χ3v) is 8.53. The van der Waals surface area contributed by atoms with Gasteiger partial charge < -0.3 is 9.80 Å². The Morgan fingerprint density at radius 1 is 0.973 bits per heavy atom. The molecule has 2 aliphatic heterocycles. The Labute approximate surface area is 217 Å². The third-order valence-electron chi connectivity index (χ3n) is 7.61. The van der Waals surface area contributed by atoms with Crippen molar-refractivity contribution in [3.63, 3.8) is 0 Å². The normalized spacial score (nSPS) is 19.4. The van der Waals surface area contributed by atoms with Crippen LogP contribution in [0.15, 0.2) is 60.8 Å². The van der Waals surface area contributed by atoms with Gasteiger partial charge in [-0.1, -0.05) is 30.3 Å². The maximum atomic E-state index is 13.8. The Kier molecular flexibility index (Phi) is 7.44. The van der Waals surface area contributed by atoms with Crippen LogP contribution in [0.25, 0.3) is 5.69 Å². The standard InChI is InChI=1S/C28H33FN4O3S/c1-37(35,36)18-17-31-14-11-22(12-15-31)27-26(19-30-33(27)25-9-7-24(29)8-10-25)28(34)32-16-13-23(20-32)21-5-3-2-4-6-21/h2-10,19,22-23H,11-18,20H2,1H3/t23-/m0/s1. The maximum Gasteiger partial charge on any atom is 0.257 e. The second kappa shape index (κ2) is 10.8. The smallest absolute Gasteiger partial charge is 0.257 e. The van der Waals surface area contributed by atoms with Gasteiger partial charge in [-0.25, -0.2) is 17.5 Å². The predicted octanol–water partition coefficient (Wildman–Crippen LogP) is 3.87. The van der Waals surface area contributed by atoms with Gasteiger partial charge in [-0.3, -0.25) is 4.79 Å². The summed E-state index contributed by atoms with van der Waals surface area (Å²) in [6, 6.07) is 16.5. The molecule has 0 unspecified atom stereocenters. The van der Waals surface area contributed by atoms with Crippen molar-refractivity contribution in [2.45, 2.75) is 31.1 Å². The maximum absolute atomic E-state index is 13.8. The highest BCUT2D eigenvalue weighted by Gasteiger charge is 2.34. The first-order valence-corrected chi connectivity index (χ1v) is 14.9. The second-order valence-electron chi connectivity index (χ2n) is 10.2. The number of halogens is 1. The largest absolute Gasteiger partial charge is 0.338 e. The molecule has 3 aromatic rings. The van der Waals surface area contributed by atoms with Crippen LogP contribution in [0, 0.1) is 5.82 Å². The number of benzene rings is 2. The highest BCUT2D eigenvalue weighted by molar-refractivity contribution is 7.90. The summed E-state index contributed by atoms with van der Waals surface area (Å²) in [5.74, 6) is 0.220. The van der Waals surface area contributed by atoms with Gasteiger partial charge in [0.1, 0.15) is 15.7 Å². The first-order valence-electron chi connectivity index (χ1n) is 12.9. The molecular weight excluding hydrogens is 491 g/mol. The molecule has 1 aromatic heterocycles. The molecule has 2 aromatic carbocycles. The molecule has 7 nitrogen and oxygen atoms in total. The van der Waals surface area contributed by atoms with Crippen LogP contribution in [0.5, 0.6) is 0 Å². The number of carbonyl (C=O) groups excluding carboxylic acids is 1. The number of hydrogen-bond acceptors (Lipinski definition) is 5. The molecule has 0 bridgehead atoms. The summed E-state index contributed by atoms with van der Waals surface area (Å²) in [5, 5.41) is 4.60. The Hall–Kier alpha value is -3.04. The van der Waals surface area contributed by atoms with Gasteiger partial charge in [0.25, 0.3) is 5.91 Å². The summed E-state index contributed by atoms with van der Waals surface area (Å²) >= 11 is 0. The number of sulfone groups is 1. The number of carbonyl (C=O) groups is 1. The van der Waals surface area contributed by atoms with E-state index >= 15 is 0 Å². The SMILES string of the molecule is CS(=O)(=O)CCN1CCC(c2c(C(=O)N3CC[C@H](c4ccccc4)C3)cnn2-c2ccc(F)cc2)CC1. The molecule has 1 amide bonds. The highest BCUT2D eigenvalue weighted by atomic mass is 32.2. The summed E-state index contributed by atoms with van der Waals surface area (Å²) in [5.41, 5.74) is 3.44. The summed E-state index contributed by atoms with van der Waals surface area (Å²) < 4.78 is 38.6. The monoisotopic (exact) mass is 524 g/mol. The van der Waals surface area contributed by atoms with Crippen LogP contribution in [0.1, 0.15) is 52.7 Å². The van der Waals surface area contributed by atoms with E-state index in [-0.39, 0.29) is 23.4 Å². The van der Waals surface area contributed by atoms with Gasteiger partial charge in [-0.15, -0.1) is 0 Å². The van der Waals surface area contributed by atoms with E-state index in [1.54, 1.807) is 23.0 Å². The van der Waals surface area contributed by atoms with Crippen molar-refractivity contribution < 1.29 is 17.6 Å². The first-order chi connectivity index (χ1) is 17.8. The van der Waals surface area contributed by atoms with Gasteiger partial charge in [0.2, 0.25) is 0 Å². The zero-order chi connectivity index (χ0) is 26.0. The van der Waals surface area contributed by atoms with Crippen molar-refractivity contribution in [1.29, 1.82) is 0 Å². The molecule has 0 radical (unpaired) electrons. The van der Waals surface area contributed by atoms with Crippen molar-refractivity contribution >= 4 is 15.7 Å². The van der Waals surface area contributed by atoms with Crippen molar-refractivity contribution in [2.24, 2.45) is 0 Å². The van der Waals surface area contributed by atoms with Crippen molar-refractivity contribution in [3.8, 4) is 5.69 Å². The van der Waals surface area contributed by atoms with Crippen LogP contribution in [0.3, 0.4) is 0 Å². The quantitative estimate of drug-likeness (QED) is 0.469. The minimum Gasteiger partial charge on any atom is -0.338 e. The van der Waals surface area contributed by atoms with E-state index in [0.29, 0.717) is 31.1 Å². The Bertz CT molecular complexity index is 1330. The molecule has 2 aliphatic rings. The number of rotatable bonds is 7. The number of hydrogen-bond donors (Lipinski definition) is 0. The number of likely N-dealkylation sites (tertiary alicyclic amines) is 2. The fourth-order valence-electron chi connectivity index (χ4n) is 5.54. The lowest BCUT2D eigenvalue weighted by molar-refractivity contribution is 0.0788. The molecule has 0 N–H and O–H groups in total. The van der Waals surface area contributed by atoms with E-state index in [4.69, 9.17) is 0 Å². The molecule has 0 saturated carbocycles. The van der Waals surface area contributed by atoms with Crippen molar-refractivity contribution in [1.82, 2.24) is 19.6 Å². The lowest BCUT2D eigenvalue weighted by Gasteiger charge is -2.32. The fourth-order valence-corrected chi connectivity index (χ4v) is 6.13. The van der Waals surface area contributed by atoms with E-state index in [0.717, 1.165) is 43.7 Å². The predicted molar refractivity (Wildman–Crippen MR) is 141 cm³/mol. The van der Waals surface area contributed by atoms with Crippen molar-refractivity contribution in [2.75, 3.05) is 44.7 Å². The van der Waals surface area contributed by atoms with Crippen LogP contribution >= 0.6 is 0 Å². The lowest BCUT2D eigenvalue weighted by atomic mass is 9.90. The van der Waals surface area contributed by atoms with Crippen LogP contribution in [-0.4, -0.2) is 78.6 Å². The minimum absolute atomic E-state index is 0.0127. The molecule has 2 saturated heterocycles. The van der Waals surface area contributed by atoms with Crippen LogP contribution in [0.2, 0.25) is 0 Å². The third kappa shape index (κ3) is 5.93. The van der Waals surface area contributed by atoms with Gasteiger partial charge in [-0.2, -0.15) is 5.10 Å². The average Bonchev–Trinajstić information content (AvgIpc) is 3.56. The average molecular weight is 525 g/mol. The number of nitrogens with zero attached hydrogens (tertiary/aromatic N) is 4. The van der Waals surface area contributed by atoms with Gasteiger partial charge in [0, 0.05) is 37.7 Å². The second-order valence-corrected chi connectivity index (χ2v) is 12.5. The van der Waals surface area contributed by atoms with Gasteiger partial charge in [-0.05, 0) is 62.2 Å². The van der Waals surface area contributed by atoms with Crippen molar-refractivity contribution in [3.05, 3.63) is 83.4 Å². The minimum atomic E-state index is -3.02. The Balaban J connectivity index is 1.38. The first kappa shape index (κ1) is 25.6. The van der Waals surface area contributed by atoms with Crippen LogP contribution in [-0.2, 0) is 9.84 Å². The van der Waals surface area contributed by atoms with E-state index < -0.39 is 9.84 Å². The molecule has 196 valence electrons. The van der Waals surface area contributed by atoms with Crippen LogP contribution < -0.4 is 0 Å². The molecule has 0 spiro atoms. The van der Waals surface area contributed by atoms with Gasteiger partial charge in [0.15, 0.2) is 0 Å². The number of amides is 1. The highest BCUT2D eigenvalue weighted by Crippen LogP contribution is 2.34. The fraction of sp³-hybridized carbons (Fsp3) is 0.429. The van der Waals surface area contributed by atoms with E-state index in [2.05, 4.69) is 22.1 Å². The van der Waals surface area contributed by atoms with E-state index in [1.165, 1.54) is 24.0 Å². The molecule has 37 heavy (non-hydrogen) atoms. The molecule has 9 heteroatoms. The zero-order valence-corrected chi connectivity index (χ0v) is 21.9. The summed E-state index contributed by atoms with van der Waals surface area (Å²) in [7, 11) is -3.02. The Morgan fingerprint density at radius 2 is 1.65 bits per heavy atom. The summed E-state index contributed by atoms with van der Waals surface area (Å²) in [6.45, 7) is 3.39. The van der Waals surface area contributed by atoms with E-state index in [9.17, 15) is 17.6 Å². The molecule has 2 fully saturated rings. The lowest BCUT2D eigenvalue weighted by Crippen LogP contribution is -2.37. The zero-order valence-electron chi connectivity index (χ0n) is 21.1. The number of piperidine rings is 1. The molecule has 1 atom stereocenters. The summed E-state index contributed by atoms with van der Waals surface area (Å²) in [6.07, 6.45) is 5.44.